The average Bonchev–Trinajstić information content (AvgIpc) is 3.12. The van der Waals surface area contributed by atoms with Gasteiger partial charge in [-0.15, -0.1) is 0 Å². The van der Waals surface area contributed by atoms with Gasteiger partial charge in [0.05, 0.1) is 10.8 Å². The summed E-state index contributed by atoms with van der Waals surface area (Å²) in [4.78, 5) is 29.3. The number of carbonyl (C=O) groups is 1. The van der Waals surface area contributed by atoms with Crippen LogP contribution in [-0.4, -0.2) is 34.1 Å². The lowest BCUT2D eigenvalue weighted by molar-refractivity contribution is -0.384. The Balaban J connectivity index is 1.50. The molecule has 1 saturated heterocycles. The van der Waals surface area contributed by atoms with Crippen molar-refractivity contribution >= 4 is 17.3 Å². The van der Waals surface area contributed by atoms with Gasteiger partial charge in [0.15, 0.2) is 12.4 Å². The second-order valence-corrected chi connectivity index (χ2v) is 7.32. The second-order valence-electron chi connectivity index (χ2n) is 7.32. The molecule has 150 valence electrons. The first kappa shape index (κ1) is 19.8. The SMILES string of the molecule is CC(C)Cc1noc(COC(=O)C2CCN(c3ccccc3[N+](=O)[O-])CC2)n1. The summed E-state index contributed by atoms with van der Waals surface area (Å²) >= 11 is 0. The predicted molar refractivity (Wildman–Crippen MR) is 101 cm³/mol. The molecule has 0 atom stereocenters. The number of carbonyl (C=O) groups excluding carboxylic acids is 1. The lowest BCUT2D eigenvalue weighted by atomic mass is 9.96. The molecule has 0 bridgehead atoms. The topological polar surface area (TPSA) is 112 Å². The number of nitrogens with zero attached hydrogens (tertiary/aromatic N) is 4. The number of para-hydroxylation sites is 2. The number of benzene rings is 1. The molecule has 0 aliphatic carbocycles. The number of esters is 1. The summed E-state index contributed by atoms with van der Waals surface area (Å²) in [5.74, 6) is 0.779. The van der Waals surface area contributed by atoms with Gasteiger partial charge in [0.25, 0.3) is 11.6 Å². The number of nitro benzene ring substituents is 1. The van der Waals surface area contributed by atoms with Gasteiger partial charge in [0.2, 0.25) is 0 Å². The minimum absolute atomic E-state index is 0.0334. The van der Waals surface area contributed by atoms with Crippen molar-refractivity contribution in [3.63, 3.8) is 0 Å². The van der Waals surface area contributed by atoms with Crippen molar-refractivity contribution in [3.8, 4) is 0 Å². The number of aromatic nitrogens is 2. The zero-order valence-corrected chi connectivity index (χ0v) is 16.0. The van der Waals surface area contributed by atoms with E-state index in [0.29, 0.717) is 55.7 Å². The number of piperidine rings is 1. The van der Waals surface area contributed by atoms with E-state index in [-0.39, 0.29) is 29.1 Å². The lowest BCUT2D eigenvalue weighted by Crippen LogP contribution is -2.37. The maximum absolute atomic E-state index is 12.3. The normalized spacial score (nSPS) is 15.0. The van der Waals surface area contributed by atoms with E-state index < -0.39 is 0 Å². The molecule has 0 unspecified atom stereocenters. The third-order valence-corrected chi connectivity index (χ3v) is 4.69. The molecule has 2 aromatic rings. The summed E-state index contributed by atoms with van der Waals surface area (Å²) in [6.45, 7) is 5.21. The lowest BCUT2D eigenvalue weighted by Gasteiger charge is -2.32. The Hall–Kier alpha value is -2.97. The van der Waals surface area contributed by atoms with Gasteiger partial charge >= 0.3 is 5.97 Å². The van der Waals surface area contributed by atoms with Gasteiger partial charge in [-0.05, 0) is 24.8 Å². The largest absolute Gasteiger partial charge is 0.455 e. The van der Waals surface area contributed by atoms with Gasteiger partial charge in [0, 0.05) is 25.6 Å². The summed E-state index contributed by atoms with van der Waals surface area (Å²) < 4.78 is 10.4. The molecule has 1 aliphatic heterocycles. The smallest absolute Gasteiger partial charge is 0.309 e. The Kier molecular flexibility index (Phi) is 6.23. The summed E-state index contributed by atoms with van der Waals surface area (Å²) in [6, 6.07) is 6.66. The molecular weight excluding hydrogens is 364 g/mol. The van der Waals surface area contributed by atoms with Crippen LogP contribution >= 0.6 is 0 Å². The van der Waals surface area contributed by atoms with E-state index in [4.69, 9.17) is 9.26 Å². The molecule has 0 radical (unpaired) electrons. The van der Waals surface area contributed by atoms with Crippen LogP contribution in [0.4, 0.5) is 11.4 Å². The fourth-order valence-electron chi connectivity index (χ4n) is 3.29. The van der Waals surface area contributed by atoms with Crippen molar-refractivity contribution in [1.29, 1.82) is 0 Å². The van der Waals surface area contributed by atoms with E-state index in [9.17, 15) is 14.9 Å². The van der Waals surface area contributed by atoms with Crippen LogP contribution in [0, 0.1) is 22.0 Å². The monoisotopic (exact) mass is 388 g/mol. The van der Waals surface area contributed by atoms with Gasteiger partial charge in [-0.3, -0.25) is 14.9 Å². The van der Waals surface area contributed by atoms with Gasteiger partial charge < -0.3 is 14.2 Å². The van der Waals surface area contributed by atoms with E-state index in [2.05, 4.69) is 24.0 Å². The molecule has 1 aromatic heterocycles. The third kappa shape index (κ3) is 4.85. The van der Waals surface area contributed by atoms with E-state index in [1.165, 1.54) is 6.07 Å². The van der Waals surface area contributed by atoms with Crippen molar-refractivity contribution in [2.24, 2.45) is 11.8 Å². The van der Waals surface area contributed by atoms with Crippen LogP contribution in [0.15, 0.2) is 28.8 Å². The number of anilines is 1. The molecule has 1 fully saturated rings. The van der Waals surface area contributed by atoms with Gasteiger partial charge in [-0.1, -0.05) is 31.1 Å². The molecule has 0 N–H and O–H groups in total. The number of hydrogen-bond donors (Lipinski definition) is 0. The minimum Gasteiger partial charge on any atom is -0.455 e. The molecule has 9 heteroatoms. The predicted octanol–water partition coefficient (Wildman–Crippen LogP) is 3.14. The van der Waals surface area contributed by atoms with E-state index >= 15 is 0 Å². The molecule has 9 nitrogen and oxygen atoms in total. The van der Waals surface area contributed by atoms with Crippen molar-refractivity contribution in [1.82, 2.24) is 10.1 Å². The molecule has 1 aromatic carbocycles. The van der Waals surface area contributed by atoms with E-state index in [0.717, 1.165) is 0 Å². The highest BCUT2D eigenvalue weighted by Crippen LogP contribution is 2.31. The van der Waals surface area contributed by atoms with E-state index in [1.54, 1.807) is 18.2 Å². The fraction of sp³-hybridized carbons (Fsp3) is 0.526. The van der Waals surface area contributed by atoms with Crippen molar-refractivity contribution < 1.29 is 19.0 Å². The quantitative estimate of drug-likeness (QED) is 0.404. The highest BCUT2D eigenvalue weighted by atomic mass is 16.6. The molecule has 2 heterocycles. The van der Waals surface area contributed by atoms with Crippen molar-refractivity contribution in [2.75, 3.05) is 18.0 Å². The van der Waals surface area contributed by atoms with Crippen molar-refractivity contribution in [2.45, 2.75) is 39.7 Å². The Bertz CT molecular complexity index is 827. The summed E-state index contributed by atoms with van der Waals surface area (Å²) in [7, 11) is 0. The second kappa shape index (κ2) is 8.81. The minimum atomic E-state index is -0.381. The summed E-state index contributed by atoms with van der Waals surface area (Å²) in [5, 5.41) is 15.1. The zero-order chi connectivity index (χ0) is 20.1. The fourth-order valence-corrected chi connectivity index (χ4v) is 3.29. The van der Waals surface area contributed by atoms with Gasteiger partial charge in [0.1, 0.15) is 5.69 Å². The maximum Gasteiger partial charge on any atom is 0.309 e. The molecule has 0 spiro atoms. The van der Waals surface area contributed by atoms with Crippen LogP contribution in [0.25, 0.3) is 0 Å². The first-order valence-electron chi connectivity index (χ1n) is 9.40. The van der Waals surface area contributed by atoms with Crippen LogP contribution in [-0.2, 0) is 22.6 Å². The number of rotatable bonds is 7. The average molecular weight is 388 g/mol. The number of hydrogen-bond acceptors (Lipinski definition) is 8. The molecule has 3 rings (SSSR count). The standard InChI is InChI=1S/C19H24N4O5/c1-13(2)11-17-20-18(28-21-17)12-27-19(24)14-7-9-22(10-8-14)15-5-3-4-6-16(15)23(25)26/h3-6,13-14H,7-12H2,1-2H3. The number of ether oxygens (including phenoxy) is 1. The maximum atomic E-state index is 12.3. The number of nitro groups is 1. The Morgan fingerprint density at radius 1 is 1.36 bits per heavy atom. The van der Waals surface area contributed by atoms with Crippen molar-refractivity contribution in [3.05, 3.63) is 46.1 Å². The van der Waals surface area contributed by atoms with Gasteiger partial charge in [-0.25, -0.2) is 0 Å². The Morgan fingerprint density at radius 3 is 2.75 bits per heavy atom. The third-order valence-electron chi connectivity index (χ3n) is 4.69. The summed E-state index contributed by atoms with van der Waals surface area (Å²) in [6.07, 6.45) is 1.86. The molecule has 0 saturated carbocycles. The Morgan fingerprint density at radius 2 is 2.07 bits per heavy atom. The molecule has 0 amide bonds. The van der Waals surface area contributed by atoms with E-state index in [1.807, 2.05) is 4.90 Å². The Labute approximate surface area is 162 Å². The first-order chi connectivity index (χ1) is 13.4. The van der Waals surface area contributed by atoms with Gasteiger partial charge in [-0.2, -0.15) is 4.98 Å². The molecular formula is C19H24N4O5. The molecule has 1 aliphatic rings. The highest BCUT2D eigenvalue weighted by molar-refractivity contribution is 5.73. The first-order valence-corrected chi connectivity index (χ1v) is 9.40. The molecule has 28 heavy (non-hydrogen) atoms. The van der Waals surface area contributed by atoms with Crippen LogP contribution in [0.5, 0.6) is 0 Å². The summed E-state index contributed by atoms with van der Waals surface area (Å²) in [5.41, 5.74) is 0.667. The van der Waals surface area contributed by atoms with Crippen LogP contribution in [0.3, 0.4) is 0 Å². The van der Waals surface area contributed by atoms with Crippen LogP contribution < -0.4 is 4.90 Å². The zero-order valence-electron chi connectivity index (χ0n) is 16.0. The van der Waals surface area contributed by atoms with Crippen LogP contribution in [0.1, 0.15) is 38.4 Å². The van der Waals surface area contributed by atoms with Crippen LogP contribution in [0.2, 0.25) is 0 Å². The highest BCUT2D eigenvalue weighted by Gasteiger charge is 2.29.